The summed E-state index contributed by atoms with van der Waals surface area (Å²) in [6.07, 6.45) is 3.09. The molecule has 0 bridgehead atoms. The van der Waals surface area contributed by atoms with E-state index in [4.69, 9.17) is 5.11 Å². The molecular formula is C13H12N2O3. The van der Waals surface area contributed by atoms with Crippen LogP contribution in [-0.2, 0) is 6.54 Å². The maximum absolute atomic E-state index is 11.1. The number of Topliss-reactive ketones (excluding diaryl/α,β-unsaturated/α-hetero) is 1. The quantitative estimate of drug-likeness (QED) is 0.833. The van der Waals surface area contributed by atoms with E-state index in [9.17, 15) is 9.59 Å². The zero-order chi connectivity index (χ0) is 13.1. The van der Waals surface area contributed by atoms with Crippen LogP contribution < -0.4 is 0 Å². The van der Waals surface area contributed by atoms with Crippen LogP contribution >= 0.6 is 0 Å². The molecule has 0 radical (unpaired) electrons. The number of hydrogen-bond donors (Lipinski definition) is 1. The van der Waals surface area contributed by atoms with E-state index >= 15 is 0 Å². The molecule has 0 unspecified atom stereocenters. The summed E-state index contributed by atoms with van der Waals surface area (Å²) in [7, 11) is 0. The van der Waals surface area contributed by atoms with Crippen LogP contribution in [0.5, 0.6) is 0 Å². The first-order valence-electron chi connectivity index (χ1n) is 5.42. The number of aromatic nitrogens is 2. The monoisotopic (exact) mass is 244 g/mol. The van der Waals surface area contributed by atoms with Crippen LogP contribution in [0, 0.1) is 0 Å². The fourth-order valence-electron chi connectivity index (χ4n) is 1.67. The molecule has 2 rings (SSSR count). The summed E-state index contributed by atoms with van der Waals surface area (Å²) in [4.78, 5) is 22.2. The van der Waals surface area contributed by atoms with Gasteiger partial charge in [-0.2, -0.15) is 5.10 Å². The van der Waals surface area contributed by atoms with Crippen LogP contribution in [0.2, 0.25) is 0 Å². The fourth-order valence-corrected chi connectivity index (χ4v) is 1.67. The SMILES string of the molecule is CC(=O)c1cnn(Cc2ccccc2C(=O)O)c1. The smallest absolute Gasteiger partial charge is 0.336 e. The van der Waals surface area contributed by atoms with Gasteiger partial charge in [-0.25, -0.2) is 4.79 Å². The van der Waals surface area contributed by atoms with Gasteiger partial charge in [0.1, 0.15) is 0 Å². The lowest BCUT2D eigenvalue weighted by Gasteiger charge is -2.05. The number of ketones is 1. The Labute approximate surface area is 104 Å². The van der Waals surface area contributed by atoms with Crippen molar-refractivity contribution in [3.63, 3.8) is 0 Å². The van der Waals surface area contributed by atoms with E-state index in [-0.39, 0.29) is 11.3 Å². The average Bonchev–Trinajstić information content (AvgIpc) is 2.78. The van der Waals surface area contributed by atoms with Gasteiger partial charge in [-0.05, 0) is 18.6 Å². The number of hydrogen-bond acceptors (Lipinski definition) is 3. The van der Waals surface area contributed by atoms with Crippen LogP contribution in [0.25, 0.3) is 0 Å². The Morgan fingerprint density at radius 3 is 2.67 bits per heavy atom. The lowest BCUT2D eigenvalue weighted by Crippen LogP contribution is -2.07. The largest absolute Gasteiger partial charge is 0.478 e. The van der Waals surface area contributed by atoms with Crippen LogP contribution in [0.4, 0.5) is 0 Å². The number of aromatic carboxylic acids is 1. The lowest BCUT2D eigenvalue weighted by atomic mass is 10.1. The molecular weight excluding hydrogens is 232 g/mol. The Balaban J connectivity index is 2.28. The van der Waals surface area contributed by atoms with Gasteiger partial charge in [0.25, 0.3) is 0 Å². The molecule has 5 heteroatoms. The normalized spacial score (nSPS) is 10.3. The van der Waals surface area contributed by atoms with Gasteiger partial charge < -0.3 is 5.11 Å². The van der Waals surface area contributed by atoms with Crippen LogP contribution in [0.1, 0.15) is 33.2 Å². The van der Waals surface area contributed by atoms with Crippen molar-refractivity contribution < 1.29 is 14.7 Å². The molecule has 0 spiro atoms. The fraction of sp³-hybridized carbons (Fsp3) is 0.154. The molecule has 0 aliphatic rings. The van der Waals surface area contributed by atoms with Crippen molar-refractivity contribution in [2.75, 3.05) is 0 Å². The van der Waals surface area contributed by atoms with E-state index in [0.29, 0.717) is 17.7 Å². The minimum absolute atomic E-state index is 0.0623. The van der Waals surface area contributed by atoms with Gasteiger partial charge in [0.15, 0.2) is 5.78 Å². The molecule has 5 nitrogen and oxygen atoms in total. The number of nitrogens with zero attached hydrogens (tertiary/aromatic N) is 2. The number of carboxylic acid groups (broad SMARTS) is 1. The van der Waals surface area contributed by atoms with Gasteiger partial charge in [0.05, 0.1) is 23.9 Å². The summed E-state index contributed by atoms with van der Waals surface area (Å²) in [5.41, 5.74) is 1.42. The Kier molecular flexibility index (Phi) is 3.23. The van der Waals surface area contributed by atoms with E-state index in [0.717, 1.165) is 0 Å². The predicted molar refractivity (Wildman–Crippen MR) is 64.7 cm³/mol. The molecule has 0 saturated carbocycles. The van der Waals surface area contributed by atoms with Crippen molar-refractivity contribution in [2.45, 2.75) is 13.5 Å². The van der Waals surface area contributed by atoms with Gasteiger partial charge >= 0.3 is 5.97 Å². The molecule has 18 heavy (non-hydrogen) atoms. The topological polar surface area (TPSA) is 72.2 Å². The summed E-state index contributed by atoms with van der Waals surface area (Å²) >= 11 is 0. The molecule has 0 amide bonds. The number of carbonyl (C=O) groups is 2. The first-order valence-corrected chi connectivity index (χ1v) is 5.42. The molecule has 1 heterocycles. The van der Waals surface area contributed by atoms with Crippen LogP contribution in [0.3, 0.4) is 0 Å². The highest BCUT2D eigenvalue weighted by Crippen LogP contribution is 2.11. The minimum atomic E-state index is -0.968. The highest BCUT2D eigenvalue weighted by Gasteiger charge is 2.10. The predicted octanol–water partition coefficient (Wildman–Crippen LogP) is 1.83. The molecule has 2 aromatic rings. The average molecular weight is 244 g/mol. The van der Waals surface area contributed by atoms with Gasteiger partial charge in [-0.1, -0.05) is 18.2 Å². The Morgan fingerprint density at radius 2 is 2.06 bits per heavy atom. The molecule has 0 fully saturated rings. The summed E-state index contributed by atoms with van der Waals surface area (Å²) < 4.78 is 1.55. The Bertz CT molecular complexity index is 602. The third kappa shape index (κ3) is 2.45. The Hall–Kier alpha value is -2.43. The molecule has 1 aromatic heterocycles. The highest BCUT2D eigenvalue weighted by molar-refractivity contribution is 5.93. The van der Waals surface area contributed by atoms with E-state index in [1.54, 1.807) is 35.1 Å². The van der Waals surface area contributed by atoms with E-state index in [1.807, 2.05) is 0 Å². The van der Waals surface area contributed by atoms with Crippen molar-refractivity contribution in [1.29, 1.82) is 0 Å². The van der Waals surface area contributed by atoms with E-state index in [1.165, 1.54) is 13.1 Å². The molecule has 1 aromatic carbocycles. The summed E-state index contributed by atoms with van der Waals surface area (Å²) in [5, 5.41) is 13.1. The zero-order valence-corrected chi connectivity index (χ0v) is 9.83. The first-order chi connectivity index (χ1) is 8.58. The second-order valence-corrected chi connectivity index (χ2v) is 3.95. The summed E-state index contributed by atoms with van der Waals surface area (Å²) in [6.45, 7) is 1.79. The van der Waals surface area contributed by atoms with Crippen molar-refractivity contribution >= 4 is 11.8 Å². The van der Waals surface area contributed by atoms with Gasteiger partial charge in [0.2, 0.25) is 0 Å². The maximum Gasteiger partial charge on any atom is 0.336 e. The van der Waals surface area contributed by atoms with Gasteiger partial charge in [-0.15, -0.1) is 0 Å². The van der Waals surface area contributed by atoms with Gasteiger partial charge in [-0.3, -0.25) is 9.48 Å². The van der Waals surface area contributed by atoms with Crippen molar-refractivity contribution in [3.8, 4) is 0 Å². The molecule has 0 aliphatic heterocycles. The van der Waals surface area contributed by atoms with Crippen LogP contribution in [0.15, 0.2) is 36.7 Å². The van der Waals surface area contributed by atoms with Crippen molar-refractivity contribution in [3.05, 3.63) is 53.3 Å². The number of carboxylic acids is 1. The number of rotatable bonds is 4. The molecule has 0 aliphatic carbocycles. The first kappa shape index (κ1) is 12.0. The zero-order valence-electron chi connectivity index (χ0n) is 9.83. The standard InChI is InChI=1S/C13H12N2O3/c1-9(16)11-6-14-15(8-11)7-10-4-2-3-5-12(10)13(17)18/h2-6,8H,7H2,1H3,(H,17,18). The molecule has 1 N–H and O–H groups in total. The highest BCUT2D eigenvalue weighted by atomic mass is 16.4. The second kappa shape index (κ2) is 4.83. The minimum Gasteiger partial charge on any atom is -0.478 e. The maximum atomic E-state index is 11.1. The number of carbonyl (C=O) groups excluding carboxylic acids is 1. The van der Waals surface area contributed by atoms with E-state index in [2.05, 4.69) is 5.10 Å². The third-order valence-corrected chi connectivity index (χ3v) is 2.62. The van der Waals surface area contributed by atoms with Crippen LogP contribution in [-0.4, -0.2) is 26.6 Å². The molecule has 0 saturated heterocycles. The second-order valence-electron chi connectivity index (χ2n) is 3.95. The molecule has 92 valence electrons. The van der Waals surface area contributed by atoms with Gasteiger partial charge in [0, 0.05) is 6.20 Å². The van der Waals surface area contributed by atoms with Crippen molar-refractivity contribution in [1.82, 2.24) is 9.78 Å². The summed E-state index contributed by atoms with van der Waals surface area (Å²) in [6, 6.07) is 6.74. The lowest BCUT2D eigenvalue weighted by molar-refractivity contribution is 0.0695. The molecule has 0 atom stereocenters. The number of benzene rings is 1. The third-order valence-electron chi connectivity index (χ3n) is 2.62. The Morgan fingerprint density at radius 1 is 1.33 bits per heavy atom. The van der Waals surface area contributed by atoms with Crippen molar-refractivity contribution in [2.24, 2.45) is 0 Å². The van der Waals surface area contributed by atoms with E-state index < -0.39 is 5.97 Å². The summed E-state index contributed by atoms with van der Waals surface area (Å²) in [5.74, 6) is -1.03.